The van der Waals surface area contributed by atoms with Crippen molar-refractivity contribution in [3.8, 4) is 11.6 Å². The molecule has 0 spiro atoms. The van der Waals surface area contributed by atoms with Crippen molar-refractivity contribution in [2.24, 2.45) is 10.2 Å². The van der Waals surface area contributed by atoms with Gasteiger partial charge in [0.1, 0.15) is 5.75 Å². The number of fused-ring (bicyclic) bond motifs is 1. The lowest BCUT2D eigenvalue weighted by atomic mass is 10.2. The number of nitrogens with zero attached hydrogens (tertiary/aromatic N) is 2. The van der Waals surface area contributed by atoms with Crippen LogP contribution in [0.1, 0.15) is 6.92 Å². The van der Waals surface area contributed by atoms with Gasteiger partial charge in [-0.15, -0.1) is 10.2 Å². The number of hydrogen-bond acceptors (Lipinski definition) is 4. The number of benzene rings is 2. The van der Waals surface area contributed by atoms with Gasteiger partial charge in [-0.1, -0.05) is 39.1 Å². The molecule has 0 bridgehead atoms. The second kappa shape index (κ2) is 7.65. The molecule has 6 nitrogen and oxygen atoms in total. The minimum absolute atomic E-state index is 0.173. The van der Waals surface area contributed by atoms with Crippen LogP contribution < -0.4 is 4.74 Å². The fourth-order valence-corrected chi connectivity index (χ4v) is 3.04. The number of H-pyrrole nitrogens is 1. The molecule has 1 aromatic heterocycles. The van der Waals surface area contributed by atoms with Gasteiger partial charge in [-0.3, -0.25) is 4.79 Å². The van der Waals surface area contributed by atoms with Crippen LogP contribution in [-0.4, -0.2) is 22.1 Å². The Bertz CT molecular complexity index is 1020. The quantitative estimate of drug-likeness (QED) is 0.470. The first-order chi connectivity index (χ1) is 12.3. The Morgan fingerprint density at radius 3 is 2.77 bits per heavy atom. The average molecular weight is 457 g/mol. The molecule has 3 aromatic rings. The van der Waals surface area contributed by atoms with Gasteiger partial charge in [0.25, 0.3) is 0 Å². The third-order valence-electron chi connectivity index (χ3n) is 3.51. The maximum atomic E-state index is 12.2. The van der Waals surface area contributed by atoms with E-state index in [0.717, 1.165) is 4.47 Å². The van der Waals surface area contributed by atoms with Gasteiger partial charge in [-0.2, -0.15) is 0 Å². The van der Waals surface area contributed by atoms with Crippen LogP contribution in [0.25, 0.3) is 10.9 Å². The first-order valence-corrected chi connectivity index (χ1v) is 8.97. The van der Waals surface area contributed by atoms with Gasteiger partial charge in [0.15, 0.2) is 11.8 Å². The Labute approximate surface area is 166 Å². The lowest BCUT2D eigenvalue weighted by molar-refractivity contribution is -0.124. The third-order valence-corrected chi connectivity index (χ3v) is 4.53. The molecule has 134 valence electrons. The van der Waals surface area contributed by atoms with E-state index in [0.29, 0.717) is 21.7 Å². The van der Waals surface area contributed by atoms with Crippen LogP contribution in [0.2, 0.25) is 10.0 Å². The molecule has 1 atom stereocenters. The van der Waals surface area contributed by atoms with Crippen LogP contribution in [-0.2, 0) is 4.79 Å². The van der Waals surface area contributed by atoms with Crippen molar-refractivity contribution < 1.29 is 14.6 Å². The van der Waals surface area contributed by atoms with Crippen molar-refractivity contribution in [2.75, 3.05) is 0 Å². The number of halogens is 3. The number of azo groups is 1. The van der Waals surface area contributed by atoms with Crippen molar-refractivity contribution in [3.05, 3.63) is 50.9 Å². The summed E-state index contributed by atoms with van der Waals surface area (Å²) in [6.45, 7) is 1.53. The second-order valence-electron chi connectivity index (χ2n) is 5.39. The molecule has 0 aliphatic rings. The van der Waals surface area contributed by atoms with E-state index in [1.165, 1.54) is 13.0 Å². The van der Waals surface area contributed by atoms with Gasteiger partial charge in [0.05, 0.1) is 10.5 Å². The zero-order chi connectivity index (χ0) is 18.8. The molecule has 0 unspecified atom stereocenters. The summed E-state index contributed by atoms with van der Waals surface area (Å²) in [6, 6.07) is 10.0. The van der Waals surface area contributed by atoms with Gasteiger partial charge < -0.3 is 14.8 Å². The molecule has 1 heterocycles. The predicted molar refractivity (Wildman–Crippen MR) is 104 cm³/mol. The number of carbonyl (C=O) groups is 1. The first kappa shape index (κ1) is 18.7. The van der Waals surface area contributed by atoms with Crippen LogP contribution in [0, 0.1) is 0 Å². The molecule has 1 amide bonds. The number of nitrogens with one attached hydrogen (secondary N) is 1. The standard InChI is InChI=1S/C17H12BrCl2N3O3/c1-8(26-14-5-3-10(19)7-12(14)20)16(24)23-22-15-11-6-9(18)2-4-13(11)21-17(15)25/h2-8,21,25H,1H3/t8-/m0/s1. The smallest absolute Gasteiger partial charge is 0.304 e. The number of aromatic nitrogens is 1. The summed E-state index contributed by atoms with van der Waals surface area (Å²) in [6.07, 6.45) is -0.920. The highest BCUT2D eigenvalue weighted by atomic mass is 79.9. The lowest BCUT2D eigenvalue weighted by Crippen LogP contribution is -2.21. The summed E-state index contributed by atoms with van der Waals surface area (Å²) in [7, 11) is 0. The Hall–Kier alpha value is -2.09. The number of hydrogen-bond donors (Lipinski definition) is 2. The van der Waals surface area contributed by atoms with E-state index < -0.39 is 12.0 Å². The summed E-state index contributed by atoms with van der Waals surface area (Å²) in [5.74, 6) is -0.491. The number of rotatable bonds is 4. The highest BCUT2D eigenvalue weighted by Gasteiger charge is 2.17. The fraction of sp³-hybridized carbons (Fsp3) is 0.118. The molecule has 2 aromatic carbocycles. The molecule has 2 N–H and O–H groups in total. The molecule has 0 fully saturated rings. The molecule has 0 aliphatic carbocycles. The number of carbonyl (C=O) groups excluding carboxylic acids is 1. The molecule has 9 heteroatoms. The molecular formula is C17H12BrCl2N3O3. The highest BCUT2D eigenvalue weighted by molar-refractivity contribution is 9.10. The topological polar surface area (TPSA) is 87.0 Å². The van der Waals surface area contributed by atoms with Crippen LogP contribution in [0.5, 0.6) is 11.6 Å². The van der Waals surface area contributed by atoms with E-state index in [1.807, 2.05) is 6.07 Å². The van der Waals surface area contributed by atoms with Crippen LogP contribution in [0.4, 0.5) is 5.69 Å². The molecule has 26 heavy (non-hydrogen) atoms. The Morgan fingerprint density at radius 2 is 2.04 bits per heavy atom. The molecular weight excluding hydrogens is 445 g/mol. The number of aromatic hydroxyl groups is 1. The Morgan fingerprint density at radius 1 is 1.27 bits per heavy atom. The summed E-state index contributed by atoms with van der Waals surface area (Å²) in [4.78, 5) is 14.9. The largest absolute Gasteiger partial charge is 0.493 e. The molecule has 0 saturated heterocycles. The van der Waals surface area contributed by atoms with Gasteiger partial charge in [-0.05, 0) is 43.3 Å². The van der Waals surface area contributed by atoms with E-state index in [-0.39, 0.29) is 16.6 Å². The van der Waals surface area contributed by atoms with Crippen molar-refractivity contribution in [3.63, 3.8) is 0 Å². The van der Waals surface area contributed by atoms with Crippen molar-refractivity contribution in [2.45, 2.75) is 13.0 Å². The number of ether oxygens (including phenoxy) is 1. The molecule has 0 aliphatic heterocycles. The maximum absolute atomic E-state index is 12.2. The predicted octanol–water partition coefficient (Wildman–Crippen LogP) is 6.02. The summed E-state index contributed by atoms with van der Waals surface area (Å²) >= 11 is 15.2. The minimum Gasteiger partial charge on any atom is -0.493 e. The van der Waals surface area contributed by atoms with Crippen molar-refractivity contribution >= 4 is 61.6 Å². The maximum Gasteiger partial charge on any atom is 0.304 e. The Kier molecular flexibility index (Phi) is 5.50. The van der Waals surface area contributed by atoms with E-state index in [2.05, 4.69) is 31.1 Å². The SMILES string of the molecule is C[C@H](Oc1ccc(Cl)cc1Cl)C(=O)N=Nc1c(O)[nH]c2ccc(Br)cc12. The molecule has 3 rings (SSSR count). The zero-order valence-corrected chi connectivity index (χ0v) is 16.4. The number of aromatic amines is 1. The lowest BCUT2D eigenvalue weighted by Gasteiger charge is -2.12. The number of amides is 1. The van der Waals surface area contributed by atoms with Crippen molar-refractivity contribution in [1.82, 2.24) is 4.98 Å². The van der Waals surface area contributed by atoms with Gasteiger partial charge >= 0.3 is 5.91 Å². The van der Waals surface area contributed by atoms with E-state index >= 15 is 0 Å². The zero-order valence-electron chi connectivity index (χ0n) is 13.3. The van der Waals surface area contributed by atoms with Crippen LogP contribution in [0.3, 0.4) is 0 Å². The van der Waals surface area contributed by atoms with Crippen LogP contribution in [0.15, 0.2) is 51.1 Å². The van der Waals surface area contributed by atoms with Crippen molar-refractivity contribution in [1.29, 1.82) is 0 Å². The summed E-state index contributed by atoms with van der Waals surface area (Å²) in [5, 5.41) is 18.9. The van der Waals surface area contributed by atoms with E-state index in [9.17, 15) is 9.90 Å². The van der Waals surface area contributed by atoms with Gasteiger partial charge in [0.2, 0.25) is 5.88 Å². The van der Waals surface area contributed by atoms with Crippen LogP contribution >= 0.6 is 39.1 Å². The van der Waals surface area contributed by atoms with E-state index in [4.69, 9.17) is 27.9 Å². The van der Waals surface area contributed by atoms with E-state index in [1.54, 1.807) is 24.3 Å². The molecule has 0 radical (unpaired) electrons. The molecule has 0 saturated carbocycles. The normalized spacial score (nSPS) is 12.6. The first-order valence-electron chi connectivity index (χ1n) is 7.42. The fourth-order valence-electron chi connectivity index (χ4n) is 2.23. The van der Waals surface area contributed by atoms with Gasteiger partial charge in [0, 0.05) is 14.9 Å². The summed E-state index contributed by atoms with van der Waals surface area (Å²) in [5.41, 5.74) is 0.843. The monoisotopic (exact) mass is 455 g/mol. The third kappa shape index (κ3) is 4.00. The average Bonchev–Trinajstić information content (AvgIpc) is 2.89. The van der Waals surface area contributed by atoms with Gasteiger partial charge in [-0.25, -0.2) is 0 Å². The second-order valence-corrected chi connectivity index (χ2v) is 7.14. The summed E-state index contributed by atoms with van der Waals surface area (Å²) < 4.78 is 6.30. The Balaban J connectivity index is 1.79. The minimum atomic E-state index is -0.920. The highest BCUT2D eigenvalue weighted by Crippen LogP contribution is 2.37.